The number of nitrogens with two attached hydrogens (primary N) is 1. The van der Waals surface area contributed by atoms with E-state index in [1.807, 2.05) is 12.1 Å². The van der Waals surface area contributed by atoms with E-state index in [2.05, 4.69) is 35.2 Å². The van der Waals surface area contributed by atoms with Gasteiger partial charge in [0.05, 0.1) is 11.3 Å². The average Bonchev–Trinajstić information content (AvgIpc) is 2.82. The predicted molar refractivity (Wildman–Crippen MR) is 71.9 cm³/mol. The van der Waals surface area contributed by atoms with Crippen molar-refractivity contribution in [1.82, 2.24) is 0 Å². The van der Waals surface area contributed by atoms with Crippen LogP contribution in [0.1, 0.15) is 16.7 Å². The van der Waals surface area contributed by atoms with Crippen LogP contribution in [0.4, 0.5) is 11.4 Å². The van der Waals surface area contributed by atoms with Crippen molar-refractivity contribution >= 4 is 11.4 Å². The van der Waals surface area contributed by atoms with Gasteiger partial charge in [-0.3, -0.25) is 0 Å². The topological polar surface area (TPSA) is 53.0 Å². The Balaban J connectivity index is 1.91. The molecule has 0 radical (unpaired) electrons. The van der Waals surface area contributed by atoms with Crippen molar-refractivity contribution < 1.29 is 0 Å². The summed E-state index contributed by atoms with van der Waals surface area (Å²) in [5, 5.41) is 8.87. The maximum atomic E-state index is 8.87. The monoisotopic (exact) mass is 235 g/mol. The van der Waals surface area contributed by atoms with Crippen LogP contribution in [0.3, 0.4) is 0 Å². The maximum Gasteiger partial charge on any atom is 0.101 e. The molecule has 1 aliphatic heterocycles. The second kappa shape index (κ2) is 4.08. The smallest absolute Gasteiger partial charge is 0.101 e. The molecule has 0 saturated heterocycles. The molecule has 3 heteroatoms. The number of hydrogen-bond acceptors (Lipinski definition) is 3. The first-order valence-electron chi connectivity index (χ1n) is 5.89. The summed E-state index contributed by atoms with van der Waals surface area (Å²) < 4.78 is 0. The van der Waals surface area contributed by atoms with E-state index in [-0.39, 0.29) is 0 Å². The first kappa shape index (κ1) is 10.7. The molecule has 0 unspecified atom stereocenters. The molecule has 0 spiro atoms. The Labute approximate surface area is 106 Å². The van der Waals surface area contributed by atoms with Gasteiger partial charge >= 0.3 is 0 Å². The summed E-state index contributed by atoms with van der Waals surface area (Å²) >= 11 is 0. The molecule has 3 rings (SSSR count). The molecule has 1 aliphatic rings. The van der Waals surface area contributed by atoms with E-state index in [1.165, 1.54) is 11.1 Å². The number of nitrogens with zero attached hydrogens (tertiary/aromatic N) is 2. The highest BCUT2D eigenvalue weighted by Crippen LogP contribution is 2.29. The Morgan fingerprint density at radius 3 is 2.28 bits per heavy atom. The Hall–Kier alpha value is -2.47. The molecular weight excluding hydrogens is 222 g/mol. The number of benzene rings is 2. The van der Waals surface area contributed by atoms with Crippen molar-refractivity contribution in [2.24, 2.45) is 0 Å². The summed E-state index contributed by atoms with van der Waals surface area (Å²) in [6.07, 6.45) is 0. The first-order chi connectivity index (χ1) is 8.78. The summed E-state index contributed by atoms with van der Waals surface area (Å²) in [5.41, 5.74) is 10.7. The minimum absolute atomic E-state index is 0.537. The van der Waals surface area contributed by atoms with Gasteiger partial charge in [-0.1, -0.05) is 24.3 Å². The van der Waals surface area contributed by atoms with Gasteiger partial charge in [-0.15, -0.1) is 0 Å². The molecule has 88 valence electrons. The quantitative estimate of drug-likeness (QED) is 0.773. The van der Waals surface area contributed by atoms with Crippen molar-refractivity contribution in [2.75, 3.05) is 10.6 Å². The van der Waals surface area contributed by atoms with Crippen LogP contribution in [0, 0.1) is 11.3 Å². The number of nitriles is 1. The zero-order chi connectivity index (χ0) is 12.5. The average molecular weight is 235 g/mol. The number of anilines is 2. The predicted octanol–water partition coefficient (Wildman–Crippen LogP) is 2.66. The second-order valence-corrected chi connectivity index (χ2v) is 4.51. The van der Waals surface area contributed by atoms with E-state index in [9.17, 15) is 0 Å². The lowest BCUT2D eigenvalue weighted by Crippen LogP contribution is -2.14. The maximum absolute atomic E-state index is 8.87. The van der Waals surface area contributed by atoms with Crippen LogP contribution < -0.4 is 10.6 Å². The number of hydrogen-bond donors (Lipinski definition) is 1. The highest BCUT2D eigenvalue weighted by atomic mass is 15.1. The molecule has 0 fully saturated rings. The minimum atomic E-state index is 0.537. The molecule has 0 aromatic heterocycles. The number of nitrogen functional groups attached to an aromatic ring is 1. The van der Waals surface area contributed by atoms with Crippen LogP contribution in [0.2, 0.25) is 0 Å². The zero-order valence-electron chi connectivity index (χ0n) is 9.93. The Bertz CT molecular complexity index is 615. The van der Waals surface area contributed by atoms with E-state index in [4.69, 9.17) is 11.0 Å². The largest absolute Gasteiger partial charge is 0.398 e. The van der Waals surface area contributed by atoms with Gasteiger partial charge in [0.2, 0.25) is 0 Å². The molecule has 1 heterocycles. The fourth-order valence-electron chi connectivity index (χ4n) is 2.36. The molecule has 0 atom stereocenters. The van der Waals surface area contributed by atoms with E-state index in [1.54, 1.807) is 6.07 Å². The standard InChI is InChI=1S/C15H13N3/c16-8-11-5-6-14(7-15(11)17)18-9-12-3-1-2-4-13(12)10-18/h1-7H,9-10,17H2. The lowest BCUT2D eigenvalue weighted by molar-refractivity contribution is 0.881. The fraction of sp³-hybridized carbons (Fsp3) is 0.133. The second-order valence-electron chi connectivity index (χ2n) is 4.51. The molecule has 18 heavy (non-hydrogen) atoms. The van der Waals surface area contributed by atoms with Crippen molar-refractivity contribution in [3.8, 4) is 6.07 Å². The summed E-state index contributed by atoms with van der Waals surface area (Å²) in [7, 11) is 0. The van der Waals surface area contributed by atoms with Crippen molar-refractivity contribution in [3.05, 3.63) is 59.2 Å². The summed E-state index contributed by atoms with van der Waals surface area (Å²) in [4.78, 5) is 2.27. The van der Waals surface area contributed by atoms with Gasteiger partial charge in [-0.25, -0.2) is 0 Å². The van der Waals surface area contributed by atoms with Crippen LogP contribution in [0.15, 0.2) is 42.5 Å². The van der Waals surface area contributed by atoms with Crippen molar-refractivity contribution in [1.29, 1.82) is 5.26 Å². The van der Waals surface area contributed by atoms with Gasteiger partial charge in [0, 0.05) is 18.8 Å². The first-order valence-corrected chi connectivity index (χ1v) is 5.89. The summed E-state index contributed by atoms with van der Waals surface area (Å²) in [6.45, 7) is 1.81. The fourth-order valence-corrected chi connectivity index (χ4v) is 2.36. The summed E-state index contributed by atoms with van der Waals surface area (Å²) in [6, 6.07) is 16.2. The molecule has 0 aliphatic carbocycles. The van der Waals surface area contributed by atoms with E-state index < -0.39 is 0 Å². The molecule has 2 aromatic rings. The molecule has 0 bridgehead atoms. The molecule has 3 nitrogen and oxygen atoms in total. The van der Waals surface area contributed by atoms with E-state index >= 15 is 0 Å². The Morgan fingerprint density at radius 2 is 1.72 bits per heavy atom. The van der Waals surface area contributed by atoms with Crippen LogP contribution in [0.5, 0.6) is 0 Å². The SMILES string of the molecule is N#Cc1ccc(N2Cc3ccccc3C2)cc1N. The molecule has 2 aromatic carbocycles. The highest BCUT2D eigenvalue weighted by Gasteiger charge is 2.18. The normalized spacial score (nSPS) is 13.2. The van der Waals surface area contributed by atoms with E-state index in [0.29, 0.717) is 11.3 Å². The van der Waals surface area contributed by atoms with Crippen molar-refractivity contribution in [2.45, 2.75) is 13.1 Å². The molecule has 2 N–H and O–H groups in total. The van der Waals surface area contributed by atoms with Crippen molar-refractivity contribution in [3.63, 3.8) is 0 Å². The van der Waals surface area contributed by atoms with Crippen LogP contribution in [-0.4, -0.2) is 0 Å². The lowest BCUT2D eigenvalue weighted by atomic mass is 10.1. The molecule has 0 amide bonds. The van der Waals surface area contributed by atoms with Crippen LogP contribution >= 0.6 is 0 Å². The third-order valence-corrected chi connectivity index (χ3v) is 3.36. The minimum Gasteiger partial charge on any atom is -0.398 e. The van der Waals surface area contributed by atoms with Gasteiger partial charge < -0.3 is 10.6 Å². The van der Waals surface area contributed by atoms with Gasteiger partial charge in [0.15, 0.2) is 0 Å². The molecular formula is C15H13N3. The van der Waals surface area contributed by atoms with E-state index in [0.717, 1.165) is 18.8 Å². The highest BCUT2D eigenvalue weighted by molar-refractivity contribution is 5.64. The molecule has 0 saturated carbocycles. The lowest BCUT2D eigenvalue weighted by Gasteiger charge is -2.18. The Kier molecular flexibility index (Phi) is 2.42. The number of fused-ring (bicyclic) bond motifs is 1. The van der Waals surface area contributed by atoms with Gasteiger partial charge in [0.1, 0.15) is 6.07 Å². The third kappa shape index (κ3) is 1.68. The third-order valence-electron chi connectivity index (χ3n) is 3.36. The van der Waals surface area contributed by atoms with Gasteiger partial charge in [0.25, 0.3) is 0 Å². The van der Waals surface area contributed by atoms with Crippen LogP contribution in [0.25, 0.3) is 0 Å². The van der Waals surface area contributed by atoms with Crippen LogP contribution in [-0.2, 0) is 13.1 Å². The Morgan fingerprint density at radius 1 is 1.06 bits per heavy atom. The number of rotatable bonds is 1. The van der Waals surface area contributed by atoms with Gasteiger partial charge in [-0.05, 0) is 29.3 Å². The zero-order valence-corrected chi connectivity index (χ0v) is 9.93. The van der Waals surface area contributed by atoms with Gasteiger partial charge in [-0.2, -0.15) is 5.26 Å². The summed E-state index contributed by atoms with van der Waals surface area (Å²) in [5.74, 6) is 0.